The molecule has 1 aliphatic rings. The maximum Gasteiger partial charge on any atom is 0.253 e. The molecule has 7 nitrogen and oxygen atoms in total. The van der Waals surface area contributed by atoms with Crippen molar-refractivity contribution in [3.63, 3.8) is 0 Å². The number of amides is 1. The van der Waals surface area contributed by atoms with Crippen LogP contribution in [-0.4, -0.2) is 51.7 Å². The number of aromatic nitrogens is 3. The molecule has 1 aliphatic heterocycles. The van der Waals surface area contributed by atoms with Crippen LogP contribution in [0.5, 0.6) is 0 Å². The number of nitrogens with zero attached hydrogens (tertiary/aromatic N) is 4. The fourth-order valence-corrected chi connectivity index (χ4v) is 2.73. The van der Waals surface area contributed by atoms with Crippen LogP contribution in [-0.2, 0) is 0 Å². The number of nitrogens with one attached hydrogen (secondary N) is 1. The number of pyridine rings is 1. The molecule has 0 radical (unpaired) electrons. The van der Waals surface area contributed by atoms with E-state index < -0.39 is 0 Å². The highest BCUT2D eigenvalue weighted by Crippen LogP contribution is 2.22. The number of aliphatic hydroxyl groups is 1. The quantitative estimate of drug-likeness (QED) is 0.849. The molecule has 0 bridgehead atoms. The van der Waals surface area contributed by atoms with Crippen LogP contribution in [0.2, 0.25) is 0 Å². The second-order valence-corrected chi connectivity index (χ2v) is 5.68. The molecule has 0 spiro atoms. The Morgan fingerprint density at radius 1 is 1.35 bits per heavy atom. The summed E-state index contributed by atoms with van der Waals surface area (Å²) in [6.45, 7) is 3.14. The van der Waals surface area contributed by atoms with Gasteiger partial charge in [0.1, 0.15) is 12.1 Å². The molecule has 7 heteroatoms. The molecular weight excluding hydrogens is 294 g/mol. The van der Waals surface area contributed by atoms with Crippen LogP contribution in [0.25, 0.3) is 0 Å². The molecule has 3 heterocycles. The Balaban J connectivity index is 1.69. The number of hydrogen-bond acceptors (Lipinski definition) is 6. The van der Waals surface area contributed by atoms with Gasteiger partial charge in [0.25, 0.3) is 5.91 Å². The average molecular weight is 313 g/mol. The smallest absolute Gasteiger partial charge is 0.253 e. The lowest BCUT2D eigenvalue weighted by Crippen LogP contribution is -2.41. The minimum atomic E-state index is -0.175. The lowest BCUT2D eigenvalue weighted by molar-refractivity contribution is 0.0921. The molecule has 2 aromatic rings. The summed E-state index contributed by atoms with van der Waals surface area (Å²) in [4.78, 5) is 26.6. The molecule has 120 valence electrons. The Morgan fingerprint density at radius 3 is 2.87 bits per heavy atom. The number of carbonyl (C=O) groups is 1. The van der Waals surface area contributed by atoms with E-state index >= 15 is 0 Å². The van der Waals surface area contributed by atoms with Crippen molar-refractivity contribution in [1.82, 2.24) is 20.3 Å². The normalized spacial score (nSPS) is 20.5. The minimum Gasteiger partial charge on any atom is -0.396 e. The predicted octanol–water partition coefficient (Wildman–Crippen LogP) is 0.407. The van der Waals surface area contributed by atoms with Crippen molar-refractivity contribution in [1.29, 1.82) is 0 Å². The van der Waals surface area contributed by atoms with Crippen molar-refractivity contribution < 1.29 is 9.90 Å². The number of anilines is 1. The second kappa shape index (κ2) is 6.70. The van der Waals surface area contributed by atoms with Crippen molar-refractivity contribution in [2.75, 3.05) is 24.6 Å². The van der Waals surface area contributed by atoms with Crippen molar-refractivity contribution in [2.24, 2.45) is 5.92 Å². The Morgan fingerprint density at radius 2 is 2.22 bits per heavy atom. The van der Waals surface area contributed by atoms with Gasteiger partial charge in [-0.3, -0.25) is 9.78 Å². The zero-order valence-corrected chi connectivity index (χ0v) is 12.9. The van der Waals surface area contributed by atoms with Gasteiger partial charge in [-0.25, -0.2) is 9.97 Å². The van der Waals surface area contributed by atoms with Crippen molar-refractivity contribution in [2.45, 2.75) is 13.0 Å². The summed E-state index contributed by atoms with van der Waals surface area (Å²) in [5.74, 6) is 0.588. The van der Waals surface area contributed by atoms with Crippen LogP contribution in [0.1, 0.15) is 16.1 Å². The first-order valence-corrected chi connectivity index (χ1v) is 7.52. The summed E-state index contributed by atoms with van der Waals surface area (Å²) in [7, 11) is 0. The van der Waals surface area contributed by atoms with Gasteiger partial charge in [-0.15, -0.1) is 0 Å². The zero-order chi connectivity index (χ0) is 16.2. The van der Waals surface area contributed by atoms with Gasteiger partial charge >= 0.3 is 0 Å². The third-order valence-electron chi connectivity index (χ3n) is 4.06. The van der Waals surface area contributed by atoms with E-state index in [4.69, 9.17) is 0 Å². The summed E-state index contributed by atoms with van der Waals surface area (Å²) in [6, 6.07) is 5.25. The minimum absolute atomic E-state index is 0.0126. The van der Waals surface area contributed by atoms with Crippen molar-refractivity contribution in [3.8, 4) is 0 Å². The first-order chi connectivity index (χ1) is 11.2. The monoisotopic (exact) mass is 313 g/mol. The Hall–Kier alpha value is -2.54. The molecule has 0 unspecified atom stereocenters. The van der Waals surface area contributed by atoms with Crippen LogP contribution in [0, 0.1) is 12.8 Å². The van der Waals surface area contributed by atoms with Gasteiger partial charge in [0.15, 0.2) is 0 Å². The van der Waals surface area contributed by atoms with Gasteiger partial charge in [-0.05, 0) is 25.1 Å². The number of rotatable bonds is 4. The van der Waals surface area contributed by atoms with Crippen LogP contribution >= 0.6 is 0 Å². The van der Waals surface area contributed by atoms with Crippen LogP contribution in [0.15, 0.2) is 36.9 Å². The van der Waals surface area contributed by atoms with Gasteiger partial charge < -0.3 is 15.3 Å². The molecule has 1 fully saturated rings. The van der Waals surface area contributed by atoms with Crippen LogP contribution < -0.4 is 10.2 Å². The molecule has 1 saturated heterocycles. The SMILES string of the molecule is Cc1ccc(C(=O)N[C@@H]2CN(c3ccncn3)C[C@H]2CO)cn1. The number of aryl methyl sites for hydroxylation is 1. The Bertz CT molecular complexity index is 662. The molecule has 0 aliphatic carbocycles. The zero-order valence-electron chi connectivity index (χ0n) is 12.9. The molecule has 23 heavy (non-hydrogen) atoms. The molecule has 2 N–H and O–H groups in total. The van der Waals surface area contributed by atoms with E-state index in [1.165, 1.54) is 6.33 Å². The van der Waals surface area contributed by atoms with Gasteiger partial charge in [-0.2, -0.15) is 0 Å². The molecular formula is C16H19N5O2. The van der Waals surface area contributed by atoms with E-state index in [2.05, 4.69) is 20.3 Å². The van der Waals surface area contributed by atoms with E-state index in [1.807, 2.05) is 17.9 Å². The lowest BCUT2D eigenvalue weighted by Gasteiger charge is -2.18. The lowest BCUT2D eigenvalue weighted by atomic mass is 10.0. The number of carbonyl (C=O) groups excluding carboxylic acids is 1. The van der Waals surface area contributed by atoms with E-state index in [0.29, 0.717) is 18.7 Å². The summed E-state index contributed by atoms with van der Waals surface area (Å²) >= 11 is 0. The second-order valence-electron chi connectivity index (χ2n) is 5.68. The molecule has 0 aromatic carbocycles. The Labute approximate surface area is 134 Å². The van der Waals surface area contributed by atoms with Gasteiger partial charge in [0, 0.05) is 43.7 Å². The highest BCUT2D eigenvalue weighted by Gasteiger charge is 2.34. The molecule has 2 atom stereocenters. The Kier molecular flexibility index (Phi) is 4.47. The average Bonchev–Trinajstić information content (AvgIpc) is 2.99. The van der Waals surface area contributed by atoms with E-state index in [0.717, 1.165) is 11.5 Å². The van der Waals surface area contributed by atoms with Crippen molar-refractivity contribution in [3.05, 3.63) is 48.2 Å². The highest BCUT2D eigenvalue weighted by molar-refractivity contribution is 5.94. The molecule has 2 aromatic heterocycles. The summed E-state index contributed by atoms with van der Waals surface area (Å²) in [5.41, 5.74) is 1.39. The predicted molar refractivity (Wildman–Crippen MR) is 85.0 cm³/mol. The summed E-state index contributed by atoms with van der Waals surface area (Å²) in [6.07, 6.45) is 4.74. The van der Waals surface area contributed by atoms with Crippen LogP contribution in [0.3, 0.4) is 0 Å². The largest absolute Gasteiger partial charge is 0.396 e. The number of aliphatic hydroxyl groups excluding tert-OH is 1. The third kappa shape index (κ3) is 3.45. The van der Waals surface area contributed by atoms with Gasteiger partial charge in [-0.1, -0.05) is 0 Å². The standard InChI is InChI=1S/C16H19N5O2/c1-11-2-3-12(6-18-11)16(23)20-14-8-21(7-13(14)9-22)15-4-5-17-10-19-15/h2-6,10,13-14,22H,7-9H2,1H3,(H,20,23)/t13-,14+/m0/s1. The first kappa shape index (κ1) is 15.4. The van der Waals surface area contributed by atoms with Crippen LogP contribution in [0.4, 0.5) is 5.82 Å². The molecule has 3 rings (SSSR count). The number of hydrogen-bond donors (Lipinski definition) is 2. The molecule has 1 amide bonds. The van der Waals surface area contributed by atoms with E-state index in [1.54, 1.807) is 24.5 Å². The maximum absolute atomic E-state index is 12.3. The van der Waals surface area contributed by atoms with E-state index in [-0.39, 0.29) is 24.5 Å². The highest BCUT2D eigenvalue weighted by atomic mass is 16.3. The fraction of sp³-hybridized carbons (Fsp3) is 0.375. The van der Waals surface area contributed by atoms with E-state index in [9.17, 15) is 9.90 Å². The first-order valence-electron chi connectivity index (χ1n) is 7.52. The molecule has 0 saturated carbocycles. The van der Waals surface area contributed by atoms with Crippen molar-refractivity contribution >= 4 is 11.7 Å². The third-order valence-corrected chi connectivity index (χ3v) is 4.06. The maximum atomic E-state index is 12.3. The topological polar surface area (TPSA) is 91.2 Å². The summed E-state index contributed by atoms with van der Waals surface area (Å²) < 4.78 is 0. The fourth-order valence-electron chi connectivity index (χ4n) is 2.73. The van der Waals surface area contributed by atoms with Gasteiger partial charge in [0.05, 0.1) is 11.6 Å². The van der Waals surface area contributed by atoms with Gasteiger partial charge in [0.2, 0.25) is 0 Å². The summed E-state index contributed by atoms with van der Waals surface area (Å²) in [5, 5.41) is 12.6.